The van der Waals surface area contributed by atoms with Crippen molar-refractivity contribution in [1.29, 1.82) is 0 Å². The molecule has 0 atom stereocenters. The van der Waals surface area contributed by atoms with Gasteiger partial charge in [-0.15, -0.1) is 0 Å². The lowest BCUT2D eigenvalue weighted by molar-refractivity contribution is -0.111. The Morgan fingerprint density at radius 2 is 1.48 bits per heavy atom. The lowest BCUT2D eigenvalue weighted by atomic mass is 9.92. The van der Waals surface area contributed by atoms with Crippen LogP contribution in [0, 0.1) is 6.92 Å². The van der Waals surface area contributed by atoms with Crippen molar-refractivity contribution in [2.75, 3.05) is 0 Å². The van der Waals surface area contributed by atoms with E-state index in [1.165, 1.54) is 18.2 Å². The predicted octanol–water partition coefficient (Wildman–Crippen LogP) is 2.99. The fraction of sp³-hybridized carbons (Fsp3) is 0.250. The average molecular weight is 303 g/mol. The highest BCUT2D eigenvalue weighted by molar-refractivity contribution is 7.90. The van der Waals surface area contributed by atoms with E-state index >= 15 is 0 Å². The van der Waals surface area contributed by atoms with Gasteiger partial charge in [-0.05, 0) is 57.0 Å². The van der Waals surface area contributed by atoms with Gasteiger partial charge in [-0.25, -0.2) is 0 Å². The van der Waals surface area contributed by atoms with Crippen molar-refractivity contribution in [3.05, 3.63) is 52.6 Å². The van der Waals surface area contributed by atoms with Crippen molar-refractivity contribution in [1.82, 2.24) is 0 Å². The SMILES string of the molecule is CC1=CC(=O)C(C)=C(C)C1=NS(=O)(=O)c1ccc(C)cc1. The van der Waals surface area contributed by atoms with Crippen LogP contribution in [0.1, 0.15) is 26.3 Å². The Labute approximate surface area is 125 Å². The number of nitrogens with zero attached hydrogens (tertiary/aromatic N) is 1. The zero-order valence-corrected chi connectivity index (χ0v) is 13.3. The van der Waals surface area contributed by atoms with Crippen molar-refractivity contribution in [3.8, 4) is 0 Å². The van der Waals surface area contributed by atoms with E-state index in [0.717, 1.165) is 5.56 Å². The summed E-state index contributed by atoms with van der Waals surface area (Å²) in [5.74, 6) is -0.100. The van der Waals surface area contributed by atoms with Crippen molar-refractivity contribution in [2.45, 2.75) is 32.6 Å². The number of hydrogen-bond acceptors (Lipinski definition) is 3. The van der Waals surface area contributed by atoms with Crippen molar-refractivity contribution in [3.63, 3.8) is 0 Å². The van der Waals surface area contributed by atoms with Crippen LogP contribution in [-0.2, 0) is 14.8 Å². The third-order valence-corrected chi connectivity index (χ3v) is 4.83. The standard InChI is InChI=1S/C16H17NO3S/c1-10-5-7-14(8-6-10)21(19,20)17-16-11(2)9-15(18)12(3)13(16)4/h5-9H,1-4H3. The zero-order valence-electron chi connectivity index (χ0n) is 12.5. The van der Waals surface area contributed by atoms with E-state index < -0.39 is 10.0 Å². The van der Waals surface area contributed by atoms with E-state index in [4.69, 9.17) is 0 Å². The summed E-state index contributed by atoms with van der Waals surface area (Å²) in [6, 6.07) is 6.53. The first-order valence-corrected chi connectivity index (χ1v) is 7.99. The second kappa shape index (κ2) is 5.41. The van der Waals surface area contributed by atoms with Crippen LogP contribution >= 0.6 is 0 Å². The van der Waals surface area contributed by atoms with Crippen molar-refractivity contribution < 1.29 is 13.2 Å². The lowest BCUT2D eigenvalue weighted by Gasteiger charge is -2.15. The Hall–Kier alpha value is -2.01. The number of benzene rings is 1. The van der Waals surface area contributed by atoms with Crippen LogP contribution in [0.3, 0.4) is 0 Å². The number of allylic oxidation sites excluding steroid dienone is 4. The number of rotatable bonds is 2. The molecule has 5 heteroatoms. The fourth-order valence-corrected chi connectivity index (χ4v) is 3.16. The number of aryl methyl sites for hydroxylation is 1. The van der Waals surface area contributed by atoms with Crippen molar-refractivity contribution >= 4 is 21.5 Å². The van der Waals surface area contributed by atoms with Crippen LogP contribution in [-0.4, -0.2) is 19.9 Å². The molecule has 21 heavy (non-hydrogen) atoms. The molecule has 1 aromatic rings. The summed E-state index contributed by atoms with van der Waals surface area (Å²) >= 11 is 0. The minimum absolute atomic E-state index is 0.100. The predicted molar refractivity (Wildman–Crippen MR) is 82.9 cm³/mol. The summed E-state index contributed by atoms with van der Waals surface area (Å²) in [5.41, 5.74) is 3.04. The van der Waals surface area contributed by atoms with Crippen LogP contribution in [0.4, 0.5) is 0 Å². The molecule has 0 aromatic heterocycles. The molecule has 0 heterocycles. The van der Waals surface area contributed by atoms with Gasteiger partial charge < -0.3 is 0 Å². The number of hydrogen-bond donors (Lipinski definition) is 0. The normalized spacial score (nSPS) is 18.2. The molecule has 0 N–H and O–H groups in total. The Balaban J connectivity index is 2.54. The van der Waals surface area contributed by atoms with E-state index in [2.05, 4.69) is 4.40 Å². The first-order valence-electron chi connectivity index (χ1n) is 6.55. The Morgan fingerprint density at radius 1 is 0.905 bits per heavy atom. The number of carbonyl (C=O) groups is 1. The van der Waals surface area contributed by atoms with E-state index in [1.807, 2.05) is 6.92 Å². The molecule has 0 bridgehead atoms. The second-order valence-corrected chi connectivity index (χ2v) is 6.77. The van der Waals surface area contributed by atoms with Gasteiger partial charge in [0, 0.05) is 5.57 Å². The molecule has 0 spiro atoms. The van der Waals surface area contributed by atoms with Gasteiger partial charge >= 0.3 is 0 Å². The van der Waals surface area contributed by atoms with E-state index in [9.17, 15) is 13.2 Å². The minimum Gasteiger partial charge on any atom is -0.290 e. The lowest BCUT2D eigenvalue weighted by Crippen LogP contribution is -2.17. The zero-order chi connectivity index (χ0) is 15.8. The first kappa shape index (κ1) is 15.4. The molecule has 2 rings (SSSR count). The highest BCUT2D eigenvalue weighted by Gasteiger charge is 2.22. The highest BCUT2D eigenvalue weighted by atomic mass is 32.2. The topological polar surface area (TPSA) is 63.6 Å². The summed E-state index contributed by atoms with van der Waals surface area (Å²) in [5, 5.41) is 0. The summed E-state index contributed by atoms with van der Waals surface area (Å²) < 4.78 is 28.7. The van der Waals surface area contributed by atoms with Gasteiger partial charge in [0.1, 0.15) is 0 Å². The quantitative estimate of drug-likeness (QED) is 0.789. The first-order chi connectivity index (χ1) is 9.72. The molecule has 1 aromatic carbocycles. The second-order valence-electron chi connectivity index (χ2n) is 5.17. The van der Waals surface area contributed by atoms with Crippen LogP contribution in [0.2, 0.25) is 0 Å². The molecule has 0 unspecified atom stereocenters. The molecule has 1 aliphatic rings. The molecular formula is C16H17NO3S. The van der Waals surface area contributed by atoms with Gasteiger partial charge in [-0.3, -0.25) is 4.79 Å². The summed E-state index contributed by atoms with van der Waals surface area (Å²) in [4.78, 5) is 11.8. The molecular weight excluding hydrogens is 286 g/mol. The van der Waals surface area contributed by atoms with Gasteiger partial charge in [0.25, 0.3) is 10.0 Å². The summed E-state index contributed by atoms with van der Waals surface area (Å²) in [6.07, 6.45) is 1.42. The van der Waals surface area contributed by atoms with Gasteiger partial charge in [0.2, 0.25) is 0 Å². The molecule has 0 radical (unpaired) electrons. The molecule has 0 saturated carbocycles. The highest BCUT2D eigenvalue weighted by Crippen LogP contribution is 2.22. The van der Waals surface area contributed by atoms with Crippen molar-refractivity contribution in [2.24, 2.45) is 4.40 Å². The molecule has 1 aliphatic carbocycles. The van der Waals surface area contributed by atoms with Crippen LogP contribution < -0.4 is 0 Å². The number of ketones is 1. The third kappa shape index (κ3) is 3.03. The maximum Gasteiger partial charge on any atom is 0.282 e. The van der Waals surface area contributed by atoms with Gasteiger partial charge in [0.05, 0.1) is 10.6 Å². The smallest absolute Gasteiger partial charge is 0.282 e. The summed E-state index contributed by atoms with van der Waals surface area (Å²) in [7, 11) is -3.78. The van der Waals surface area contributed by atoms with Crippen LogP contribution in [0.5, 0.6) is 0 Å². The molecule has 4 nitrogen and oxygen atoms in total. The molecule has 0 aliphatic heterocycles. The van der Waals surface area contributed by atoms with Gasteiger partial charge in [-0.1, -0.05) is 17.7 Å². The molecule has 0 saturated heterocycles. The molecule has 110 valence electrons. The third-order valence-electron chi connectivity index (χ3n) is 3.54. The van der Waals surface area contributed by atoms with Crippen LogP contribution in [0.15, 0.2) is 56.4 Å². The largest absolute Gasteiger partial charge is 0.290 e. The number of carbonyl (C=O) groups excluding carboxylic acids is 1. The van der Waals surface area contributed by atoms with E-state index in [1.54, 1.807) is 32.9 Å². The monoisotopic (exact) mass is 303 g/mol. The molecule has 0 fully saturated rings. The molecule has 0 amide bonds. The Kier molecular flexibility index (Phi) is 3.96. The Morgan fingerprint density at radius 3 is 2.05 bits per heavy atom. The van der Waals surface area contributed by atoms with E-state index in [-0.39, 0.29) is 10.7 Å². The average Bonchev–Trinajstić information content (AvgIpc) is 2.42. The van der Waals surface area contributed by atoms with Gasteiger partial charge in [-0.2, -0.15) is 12.8 Å². The van der Waals surface area contributed by atoms with E-state index in [0.29, 0.717) is 22.4 Å². The number of sulfonamides is 1. The Bertz CT molecular complexity index is 794. The maximum absolute atomic E-state index is 12.4. The van der Waals surface area contributed by atoms with Gasteiger partial charge in [0.15, 0.2) is 5.78 Å². The van der Waals surface area contributed by atoms with Crippen LogP contribution in [0.25, 0.3) is 0 Å². The fourth-order valence-electron chi connectivity index (χ4n) is 2.05. The minimum atomic E-state index is -3.78. The summed E-state index contributed by atoms with van der Waals surface area (Å²) in [6.45, 7) is 6.97. The maximum atomic E-state index is 12.4.